The molecule has 0 radical (unpaired) electrons. The summed E-state index contributed by atoms with van der Waals surface area (Å²) in [6.45, 7) is 12.2. The quantitative estimate of drug-likeness (QED) is 0.0847. The Morgan fingerprint density at radius 3 is 2.21 bits per heavy atom. The van der Waals surface area contributed by atoms with Crippen molar-refractivity contribution in [2.75, 3.05) is 18.2 Å². The second kappa shape index (κ2) is 17.6. The van der Waals surface area contributed by atoms with Gasteiger partial charge in [-0.05, 0) is 19.9 Å². The number of hydrogen-bond donors (Lipinski definition) is 7. The summed E-state index contributed by atoms with van der Waals surface area (Å²) in [4.78, 5) is 51.3. The molecule has 7 N–H and O–H groups in total. The van der Waals surface area contributed by atoms with E-state index in [1.807, 2.05) is 0 Å². The number of ketones is 1. The lowest BCUT2D eigenvalue weighted by atomic mass is 9.78. The molecule has 16 heteroatoms. The summed E-state index contributed by atoms with van der Waals surface area (Å²) in [5.41, 5.74) is -0.457. The molecule has 56 heavy (non-hydrogen) atoms. The van der Waals surface area contributed by atoms with E-state index < -0.39 is 94.8 Å². The van der Waals surface area contributed by atoms with Gasteiger partial charge in [0.15, 0.2) is 5.75 Å². The predicted molar refractivity (Wildman–Crippen MR) is 207 cm³/mol. The number of aliphatic hydroxyl groups excluding tert-OH is 2. The first kappa shape index (κ1) is 44.0. The molecule has 5 bridgehead atoms. The van der Waals surface area contributed by atoms with E-state index in [1.165, 1.54) is 53.0 Å². The van der Waals surface area contributed by atoms with Gasteiger partial charge in [0.25, 0.3) is 11.7 Å². The number of aromatic hydroxyl groups is 3. The van der Waals surface area contributed by atoms with Gasteiger partial charge < -0.3 is 54.9 Å². The zero-order chi connectivity index (χ0) is 42.0. The number of phenols is 3. The van der Waals surface area contributed by atoms with E-state index in [0.717, 1.165) is 18.0 Å². The number of Topliss-reactive ketones (excluding diaryl/α,β-unsaturated/α-hetero) is 1. The SMILES string of the molecule is CO[C@H]1/C=C/O[C@@]2(C)Oc3c(C)c(O)c4c(O)c(c(SCCC(=O)O)c(O)c4c3C2=O)NC(=O)/C(C)=C\C=C\[C@H](C)[C@H](O)[C@@H](C)[C@@H](O)[C@@H](C)[C@H](OC(C)=O)[C@@H]1C. The summed E-state index contributed by atoms with van der Waals surface area (Å²) < 4.78 is 23.3. The van der Waals surface area contributed by atoms with Crippen molar-refractivity contribution in [1.29, 1.82) is 0 Å². The van der Waals surface area contributed by atoms with E-state index in [2.05, 4.69) is 5.32 Å². The molecule has 3 heterocycles. The van der Waals surface area contributed by atoms with Crippen molar-refractivity contribution in [3.8, 4) is 23.0 Å². The molecule has 0 aliphatic carbocycles. The van der Waals surface area contributed by atoms with E-state index in [4.69, 9.17) is 18.9 Å². The van der Waals surface area contributed by atoms with Crippen molar-refractivity contribution >= 4 is 51.9 Å². The van der Waals surface area contributed by atoms with E-state index >= 15 is 0 Å². The maximum Gasteiger partial charge on any atom is 0.312 e. The zero-order valence-electron chi connectivity index (χ0n) is 32.8. The number of carboxylic acids is 1. The van der Waals surface area contributed by atoms with E-state index in [-0.39, 0.29) is 56.0 Å². The number of ether oxygens (including phenoxy) is 4. The molecule has 0 saturated carbocycles. The number of carbonyl (C=O) groups is 4. The lowest BCUT2D eigenvalue weighted by Gasteiger charge is -2.38. The van der Waals surface area contributed by atoms with Gasteiger partial charge in [-0.1, -0.05) is 45.9 Å². The summed E-state index contributed by atoms with van der Waals surface area (Å²) in [6.07, 6.45) is 2.89. The minimum atomic E-state index is -2.08. The summed E-state index contributed by atoms with van der Waals surface area (Å²) in [7, 11) is 1.41. The van der Waals surface area contributed by atoms with E-state index in [0.29, 0.717) is 0 Å². The fourth-order valence-corrected chi connectivity index (χ4v) is 8.09. The molecular weight excluding hydrogens is 750 g/mol. The zero-order valence-corrected chi connectivity index (χ0v) is 33.6. The van der Waals surface area contributed by atoms with Gasteiger partial charge >= 0.3 is 17.7 Å². The van der Waals surface area contributed by atoms with Crippen LogP contribution in [0.25, 0.3) is 10.8 Å². The molecule has 0 aromatic heterocycles. The number of carbonyl (C=O) groups excluding carboxylic acids is 3. The summed E-state index contributed by atoms with van der Waals surface area (Å²) in [5, 5.41) is 68.8. The Morgan fingerprint density at radius 1 is 0.946 bits per heavy atom. The second-order valence-electron chi connectivity index (χ2n) is 14.5. The molecule has 306 valence electrons. The van der Waals surface area contributed by atoms with Gasteiger partial charge in [0.05, 0.1) is 46.8 Å². The lowest BCUT2D eigenvalue weighted by Crippen LogP contribution is -2.46. The second-order valence-corrected chi connectivity index (χ2v) is 15.6. The van der Waals surface area contributed by atoms with Crippen LogP contribution in [0.15, 0.2) is 41.0 Å². The first-order valence-electron chi connectivity index (χ1n) is 18.1. The molecule has 0 fully saturated rings. The third-order valence-electron chi connectivity index (χ3n) is 10.5. The highest BCUT2D eigenvalue weighted by Gasteiger charge is 2.50. The number of hydrogen-bond acceptors (Lipinski definition) is 14. The number of thioether (sulfide) groups is 1. The summed E-state index contributed by atoms with van der Waals surface area (Å²) in [5.74, 6) is -10.1. The molecule has 3 aliphatic heterocycles. The molecule has 9 atom stereocenters. The Kier molecular flexibility index (Phi) is 13.8. The van der Waals surface area contributed by atoms with E-state index in [9.17, 15) is 49.8 Å². The fourth-order valence-electron chi connectivity index (χ4n) is 7.08. The van der Waals surface area contributed by atoms with Gasteiger partial charge in [-0.3, -0.25) is 19.2 Å². The Morgan fingerprint density at radius 2 is 1.61 bits per heavy atom. The Hall–Kier alpha value is -4.77. The third kappa shape index (κ3) is 8.62. The number of carboxylic acid groups (broad SMARTS) is 1. The van der Waals surface area contributed by atoms with Gasteiger partial charge in [0, 0.05) is 66.9 Å². The van der Waals surface area contributed by atoms with Crippen LogP contribution in [0.2, 0.25) is 0 Å². The van der Waals surface area contributed by atoms with Gasteiger partial charge in [0.2, 0.25) is 0 Å². The highest BCUT2D eigenvalue weighted by molar-refractivity contribution is 7.99. The first-order valence-corrected chi connectivity index (χ1v) is 19.1. The number of phenolic OH excluding ortho intramolecular Hbond substituents is 3. The molecule has 0 unspecified atom stereocenters. The number of amides is 1. The monoisotopic (exact) mass is 801 g/mol. The Bertz CT molecular complexity index is 1970. The molecular formula is C40H51NO14S. The van der Waals surface area contributed by atoms with Gasteiger partial charge in [-0.15, -0.1) is 11.8 Å². The molecule has 0 spiro atoms. The molecule has 3 aliphatic rings. The predicted octanol–water partition coefficient (Wildman–Crippen LogP) is 5.32. The van der Waals surface area contributed by atoms with Crippen LogP contribution in [0.3, 0.4) is 0 Å². The number of aliphatic carboxylic acids is 1. The number of anilines is 1. The molecule has 2 aromatic carbocycles. The van der Waals surface area contributed by atoms with Gasteiger partial charge in [0.1, 0.15) is 29.0 Å². The highest BCUT2D eigenvalue weighted by atomic mass is 32.2. The van der Waals surface area contributed by atoms with Crippen LogP contribution in [0.1, 0.15) is 70.8 Å². The fraction of sp³-hybridized carbons (Fsp3) is 0.500. The topological polar surface area (TPSA) is 239 Å². The minimum absolute atomic E-state index is 0.00726. The first-order chi connectivity index (χ1) is 26.2. The maximum absolute atomic E-state index is 14.3. The van der Waals surface area contributed by atoms with Crippen LogP contribution in [0, 0.1) is 30.6 Å². The van der Waals surface area contributed by atoms with Crippen molar-refractivity contribution < 1.29 is 68.8 Å². The number of esters is 1. The third-order valence-corrected chi connectivity index (χ3v) is 11.6. The Labute approximate surface area is 329 Å². The van der Waals surface area contributed by atoms with Gasteiger partial charge in [-0.25, -0.2) is 0 Å². The lowest BCUT2D eigenvalue weighted by molar-refractivity contribution is -0.160. The van der Waals surface area contributed by atoms with Crippen LogP contribution in [0.5, 0.6) is 23.0 Å². The molecule has 2 aromatic rings. The largest absolute Gasteiger partial charge is 0.507 e. The maximum atomic E-state index is 14.3. The van der Waals surface area contributed by atoms with Crippen LogP contribution >= 0.6 is 11.8 Å². The minimum Gasteiger partial charge on any atom is -0.507 e. The smallest absolute Gasteiger partial charge is 0.312 e. The normalized spacial score (nSPS) is 30.9. The number of methoxy groups -OCH3 is 1. The van der Waals surface area contributed by atoms with Crippen molar-refractivity contribution in [1.82, 2.24) is 0 Å². The van der Waals surface area contributed by atoms with E-state index in [1.54, 1.807) is 33.8 Å². The average molecular weight is 802 g/mol. The number of fused-ring (bicyclic) bond motifs is 14. The van der Waals surface area contributed by atoms with Crippen molar-refractivity contribution in [2.24, 2.45) is 23.7 Å². The summed E-state index contributed by atoms with van der Waals surface area (Å²) >= 11 is 0.794. The average Bonchev–Trinajstić information content (AvgIpc) is 3.41. The molecule has 15 nitrogen and oxygen atoms in total. The standard InChI is InChI=1S/C40H51NO14S/c1-17-11-10-12-18(2)39(51)41-29-33(48)27-26(34(49)37(29)56-16-14-25(43)44)28-36(22(6)32(27)47)55-40(8,38(28)50)53-15-13-24(52-9)19(3)35(54-23(7)42)21(5)31(46)20(4)30(17)45/h10-13,15,17,19-21,24,30-31,35,45-49H,14,16H2,1-9H3,(H,41,51)(H,43,44)/b11-10+,15-13+,18-12-/t17-,19+,20+,21+,24-,30-,31+,35+,40-/m0/s1. The van der Waals surface area contributed by atoms with Crippen molar-refractivity contribution in [2.45, 2.75) is 96.9 Å². The summed E-state index contributed by atoms with van der Waals surface area (Å²) in [6, 6.07) is 0. The molecule has 1 amide bonds. The molecule has 5 rings (SSSR count). The van der Waals surface area contributed by atoms with Crippen LogP contribution < -0.4 is 10.1 Å². The number of aliphatic hydroxyl groups is 2. The highest BCUT2D eigenvalue weighted by Crippen LogP contribution is 2.57. The van der Waals surface area contributed by atoms with Crippen molar-refractivity contribution in [3.05, 3.63) is 47.3 Å². The number of rotatable bonds is 6. The van der Waals surface area contributed by atoms with Gasteiger partial charge in [-0.2, -0.15) is 0 Å². The number of nitrogens with one attached hydrogen (secondary N) is 1. The molecule has 0 saturated heterocycles. The Balaban J connectivity index is 1.96. The van der Waals surface area contributed by atoms with Crippen LogP contribution in [-0.2, 0) is 28.6 Å². The van der Waals surface area contributed by atoms with Crippen molar-refractivity contribution in [3.63, 3.8) is 0 Å². The number of allylic oxidation sites excluding steroid dienone is 2. The van der Waals surface area contributed by atoms with Crippen LogP contribution in [-0.4, -0.2) is 97.3 Å². The van der Waals surface area contributed by atoms with Crippen LogP contribution in [0.4, 0.5) is 5.69 Å². The number of benzene rings is 2.